The van der Waals surface area contributed by atoms with Crippen LogP contribution in [-0.4, -0.2) is 17.3 Å². The molecule has 1 aromatic heterocycles. The van der Waals surface area contributed by atoms with Crippen LogP contribution in [0.4, 0.5) is 0 Å². The van der Waals surface area contributed by atoms with Gasteiger partial charge in [0.05, 0.1) is 12.8 Å². The lowest BCUT2D eigenvalue weighted by atomic mass is 9.85. The maximum atomic E-state index is 5.59. The molecule has 94 valence electrons. The SMILES string of the molecule is COc1c(-c2cccnn2)cccc1C(C)(C)C. The molecule has 3 nitrogen and oxygen atoms in total. The summed E-state index contributed by atoms with van der Waals surface area (Å²) in [7, 11) is 1.70. The molecule has 0 bridgehead atoms. The van der Waals surface area contributed by atoms with Crippen molar-refractivity contribution in [3.63, 3.8) is 0 Å². The van der Waals surface area contributed by atoms with Crippen molar-refractivity contribution in [1.82, 2.24) is 10.2 Å². The van der Waals surface area contributed by atoms with Gasteiger partial charge in [-0.3, -0.25) is 0 Å². The maximum Gasteiger partial charge on any atom is 0.132 e. The number of nitrogens with zero attached hydrogens (tertiary/aromatic N) is 2. The van der Waals surface area contributed by atoms with E-state index in [4.69, 9.17) is 4.74 Å². The highest BCUT2D eigenvalue weighted by Crippen LogP contribution is 2.38. The Bertz CT molecular complexity index is 530. The van der Waals surface area contributed by atoms with Crippen molar-refractivity contribution < 1.29 is 4.74 Å². The topological polar surface area (TPSA) is 35.0 Å². The van der Waals surface area contributed by atoms with Crippen LogP contribution in [0.15, 0.2) is 36.5 Å². The number of aromatic nitrogens is 2. The van der Waals surface area contributed by atoms with Gasteiger partial charge in [0.25, 0.3) is 0 Å². The van der Waals surface area contributed by atoms with Crippen LogP contribution in [0.25, 0.3) is 11.3 Å². The van der Waals surface area contributed by atoms with Gasteiger partial charge >= 0.3 is 0 Å². The van der Waals surface area contributed by atoms with Crippen molar-refractivity contribution in [3.8, 4) is 17.0 Å². The smallest absolute Gasteiger partial charge is 0.132 e. The number of rotatable bonds is 2. The van der Waals surface area contributed by atoms with Crippen LogP contribution in [0.5, 0.6) is 5.75 Å². The van der Waals surface area contributed by atoms with Crippen LogP contribution in [0.2, 0.25) is 0 Å². The highest BCUT2D eigenvalue weighted by atomic mass is 16.5. The zero-order valence-electron chi connectivity index (χ0n) is 11.3. The van der Waals surface area contributed by atoms with Gasteiger partial charge in [0.15, 0.2) is 0 Å². The molecule has 0 aliphatic heterocycles. The normalized spacial score (nSPS) is 11.3. The van der Waals surface area contributed by atoms with Crippen molar-refractivity contribution in [1.29, 1.82) is 0 Å². The molecule has 0 amide bonds. The molecular weight excluding hydrogens is 224 g/mol. The number of ether oxygens (including phenoxy) is 1. The lowest BCUT2D eigenvalue weighted by molar-refractivity contribution is 0.399. The number of hydrogen-bond acceptors (Lipinski definition) is 3. The predicted octanol–water partition coefficient (Wildman–Crippen LogP) is 3.45. The molecule has 1 heterocycles. The van der Waals surface area contributed by atoms with E-state index in [0.717, 1.165) is 17.0 Å². The Morgan fingerprint density at radius 3 is 2.39 bits per heavy atom. The summed E-state index contributed by atoms with van der Waals surface area (Å²) in [6, 6.07) is 9.97. The fourth-order valence-electron chi connectivity index (χ4n) is 1.99. The van der Waals surface area contributed by atoms with Crippen LogP contribution in [0.3, 0.4) is 0 Å². The third kappa shape index (κ3) is 2.35. The summed E-state index contributed by atoms with van der Waals surface area (Å²) in [6.07, 6.45) is 1.67. The molecule has 3 heteroatoms. The molecule has 0 aliphatic carbocycles. The van der Waals surface area contributed by atoms with E-state index >= 15 is 0 Å². The Morgan fingerprint density at radius 2 is 1.83 bits per heavy atom. The van der Waals surface area contributed by atoms with E-state index in [1.54, 1.807) is 13.3 Å². The van der Waals surface area contributed by atoms with E-state index in [-0.39, 0.29) is 5.41 Å². The van der Waals surface area contributed by atoms with Crippen molar-refractivity contribution in [2.24, 2.45) is 0 Å². The van der Waals surface area contributed by atoms with Crippen LogP contribution in [0.1, 0.15) is 26.3 Å². The Balaban J connectivity index is 2.63. The lowest BCUT2D eigenvalue weighted by Gasteiger charge is -2.23. The first-order valence-electron chi connectivity index (χ1n) is 5.99. The Morgan fingerprint density at radius 1 is 1.06 bits per heavy atom. The molecule has 1 aromatic carbocycles. The highest BCUT2D eigenvalue weighted by Gasteiger charge is 2.21. The number of benzene rings is 1. The molecule has 0 radical (unpaired) electrons. The minimum atomic E-state index is 0.0313. The third-order valence-corrected chi connectivity index (χ3v) is 2.88. The molecular formula is C15H18N2O. The predicted molar refractivity (Wildman–Crippen MR) is 72.7 cm³/mol. The fourth-order valence-corrected chi connectivity index (χ4v) is 1.99. The fraction of sp³-hybridized carbons (Fsp3) is 0.333. The van der Waals surface area contributed by atoms with Gasteiger partial charge in [-0.05, 0) is 23.6 Å². The molecule has 18 heavy (non-hydrogen) atoms. The van der Waals surface area contributed by atoms with Gasteiger partial charge in [0.1, 0.15) is 5.75 Å². The second-order valence-electron chi connectivity index (χ2n) is 5.25. The summed E-state index contributed by atoms with van der Waals surface area (Å²) in [6.45, 7) is 6.52. The maximum absolute atomic E-state index is 5.59. The molecule has 0 atom stereocenters. The minimum absolute atomic E-state index is 0.0313. The molecule has 0 fully saturated rings. The second-order valence-corrected chi connectivity index (χ2v) is 5.25. The summed E-state index contributed by atoms with van der Waals surface area (Å²) < 4.78 is 5.59. The zero-order chi connectivity index (χ0) is 13.2. The van der Waals surface area contributed by atoms with Gasteiger partial charge in [-0.2, -0.15) is 10.2 Å². The zero-order valence-corrected chi connectivity index (χ0v) is 11.3. The molecule has 2 aromatic rings. The molecule has 2 rings (SSSR count). The van der Waals surface area contributed by atoms with Crippen LogP contribution in [0, 0.1) is 0 Å². The Hall–Kier alpha value is -1.90. The molecule has 0 saturated carbocycles. The molecule has 0 unspecified atom stereocenters. The van der Waals surface area contributed by atoms with Gasteiger partial charge in [0, 0.05) is 17.3 Å². The first-order valence-corrected chi connectivity index (χ1v) is 5.99. The highest BCUT2D eigenvalue weighted by molar-refractivity contribution is 5.69. The Kier molecular flexibility index (Phi) is 3.32. The van der Waals surface area contributed by atoms with Crippen LogP contribution < -0.4 is 4.74 Å². The third-order valence-electron chi connectivity index (χ3n) is 2.88. The van der Waals surface area contributed by atoms with Crippen molar-refractivity contribution in [2.45, 2.75) is 26.2 Å². The molecule has 0 aliphatic rings. The molecule has 0 N–H and O–H groups in total. The van der Waals surface area contributed by atoms with Crippen LogP contribution in [-0.2, 0) is 5.41 Å². The minimum Gasteiger partial charge on any atom is -0.496 e. The molecule has 0 saturated heterocycles. The summed E-state index contributed by atoms with van der Waals surface area (Å²) in [5.41, 5.74) is 3.02. The second kappa shape index (κ2) is 4.77. The number of methoxy groups -OCH3 is 1. The summed E-state index contributed by atoms with van der Waals surface area (Å²) in [5, 5.41) is 8.07. The largest absolute Gasteiger partial charge is 0.496 e. The number of hydrogen-bond donors (Lipinski definition) is 0. The van der Waals surface area contributed by atoms with Gasteiger partial charge in [-0.1, -0.05) is 32.9 Å². The average Bonchev–Trinajstić information content (AvgIpc) is 2.37. The van der Waals surface area contributed by atoms with Crippen molar-refractivity contribution in [2.75, 3.05) is 7.11 Å². The Labute approximate surface area is 108 Å². The standard InChI is InChI=1S/C15H18N2O/c1-15(2,3)12-8-5-7-11(14(12)18-4)13-9-6-10-16-17-13/h5-10H,1-4H3. The van der Waals surface area contributed by atoms with E-state index < -0.39 is 0 Å². The van der Waals surface area contributed by atoms with Crippen LogP contribution >= 0.6 is 0 Å². The van der Waals surface area contributed by atoms with Gasteiger partial charge < -0.3 is 4.74 Å². The van der Waals surface area contributed by atoms with Gasteiger partial charge in [-0.25, -0.2) is 0 Å². The van der Waals surface area contributed by atoms with Gasteiger partial charge in [0.2, 0.25) is 0 Å². The summed E-state index contributed by atoms with van der Waals surface area (Å²) in [5.74, 6) is 0.880. The first-order chi connectivity index (χ1) is 8.54. The summed E-state index contributed by atoms with van der Waals surface area (Å²) >= 11 is 0. The molecule has 0 spiro atoms. The van der Waals surface area contributed by atoms with E-state index in [2.05, 4.69) is 37.0 Å². The summed E-state index contributed by atoms with van der Waals surface area (Å²) in [4.78, 5) is 0. The lowest BCUT2D eigenvalue weighted by Crippen LogP contribution is -2.13. The monoisotopic (exact) mass is 242 g/mol. The van der Waals surface area contributed by atoms with Gasteiger partial charge in [-0.15, -0.1) is 0 Å². The quantitative estimate of drug-likeness (QED) is 0.809. The first kappa shape index (κ1) is 12.6. The van der Waals surface area contributed by atoms with E-state index in [1.165, 1.54) is 5.56 Å². The van der Waals surface area contributed by atoms with E-state index in [0.29, 0.717) is 0 Å². The number of para-hydroxylation sites is 1. The van der Waals surface area contributed by atoms with Crippen molar-refractivity contribution in [3.05, 3.63) is 42.1 Å². The van der Waals surface area contributed by atoms with E-state index in [9.17, 15) is 0 Å². The average molecular weight is 242 g/mol. The van der Waals surface area contributed by atoms with E-state index in [1.807, 2.05) is 24.3 Å². The van der Waals surface area contributed by atoms with Crippen molar-refractivity contribution >= 4 is 0 Å².